The first-order valence-electron chi connectivity index (χ1n) is 17.4. The first-order chi connectivity index (χ1) is 24.8. The predicted molar refractivity (Wildman–Crippen MR) is 199 cm³/mol. The number of aliphatic hydroxyl groups is 3. The summed E-state index contributed by atoms with van der Waals surface area (Å²) in [5.74, 6) is -4.17. The maximum Gasteiger partial charge on any atom is 0.255 e. The van der Waals surface area contributed by atoms with Crippen molar-refractivity contribution < 1.29 is 40.2 Å². The Balaban J connectivity index is 1.32. The zero-order valence-electron chi connectivity index (χ0n) is 29.5. The molecular formula is C42H44N2O8. The van der Waals surface area contributed by atoms with E-state index in [1.807, 2.05) is 74.5 Å². The molecule has 10 heteroatoms. The maximum absolute atomic E-state index is 13.6. The number of hydrogen-bond acceptors (Lipinski definition) is 8. The van der Waals surface area contributed by atoms with Gasteiger partial charge < -0.3 is 41.3 Å². The van der Waals surface area contributed by atoms with Crippen LogP contribution in [0.2, 0.25) is 0 Å². The van der Waals surface area contributed by atoms with E-state index in [2.05, 4.69) is 10.6 Å². The number of phenols is 3. The average Bonchev–Trinajstić information content (AvgIpc) is 3.13. The summed E-state index contributed by atoms with van der Waals surface area (Å²) in [6.07, 6.45) is -1.23. The molecule has 5 atom stereocenters. The Kier molecular flexibility index (Phi) is 10.2. The molecule has 2 aliphatic rings. The Morgan fingerprint density at radius 3 is 1.90 bits per heavy atom. The summed E-state index contributed by atoms with van der Waals surface area (Å²) in [5, 5.41) is 73.1. The molecule has 0 saturated heterocycles. The van der Waals surface area contributed by atoms with Crippen molar-refractivity contribution in [1.82, 2.24) is 10.6 Å². The quantitative estimate of drug-likeness (QED) is 0.0978. The lowest BCUT2D eigenvalue weighted by Crippen LogP contribution is -2.37. The van der Waals surface area contributed by atoms with Crippen LogP contribution in [-0.2, 0) is 4.79 Å². The number of nitrogens with one attached hydrogen (secondary N) is 2. The van der Waals surface area contributed by atoms with Gasteiger partial charge in [0.25, 0.3) is 11.8 Å². The highest BCUT2D eigenvalue weighted by Crippen LogP contribution is 2.50. The van der Waals surface area contributed by atoms with Crippen LogP contribution in [0, 0.1) is 6.92 Å². The number of carbonyl (C=O) groups excluding carboxylic acids is 2. The number of aromatic hydroxyl groups is 3. The highest BCUT2D eigenvalue weighted by atomic mass is 16.3. The number of allylic oxidation sites excluding steroid dienone is 1. The number of aliphatic hydroxyl groups excluding tert-OH is 3. The lowest BCUT2D eigenvalue weighted by molar-refractivity contribution is -0.117. The third-order valence-corrected chi connectivity index (χ3v) is 10.4. The van der Waals surface area contributed by atoms with Crippen molar-refractivity contribution in [3.05, 3.63) is 135 Å². The topological polar surface area (TPSA) is 180 Å². The molecule has 0 saturated carbocycles. The van der Waals surface area contributed by atoms with E-state index < -0.39 is 47.2 Å². The van der Waals surface area contributed by atoms with Gasteiger partial charge in [-0.25, -0.2) is 0 Å². The van der Waals surface area contributed by atoms with Gasteiger partial charge in [-0.2, -0.15) is 0 Å². The Labute approximate surface area is 302 Å². The molecular weight excluding hydrogens is 660 g/mol. The molecule has 0 aliphatic heterocycles. The second kappa shape index (κ2) is 14.6. The number of phenolic OH excluding ortho intramolecular Hbond substituents is 3. The molecule has 0 spiro atoms. The van der Waals surface area contributed by atoms with Gasteiger partial charge >= 0.3 is 0 Å². The van der Waals surface area contributed by atoms with Crippen molar-refractivity contribution in [3.63, 3.8) is 0 Å². The van der Waals surface area contributed by atoms with Gasteiger partial charge in [-0.05, 0) is 65.7 Å². The fourth-order valence-corrected chi connectivity index (χ4v) is 7.45. The number of fused-ring (bicyclic) bond motifs is 1. The van der Waals surface area contributed by atoms with E-state index in [0.717, 1.165) is 11.1 Å². The van der Waals surface area contributed by atoms with Crippen molar-refractivity contribution in [3.8, 4) is 17.2 Å². The Morgan fingerprint density at radius 2 is 1.33 bits per heavy atom. The Hall–Kier alpha value is -5.58. The van der Waals surface area contributed by atoms with E-state index in [1.54, 1.807) is 26.0 Å². The van der Waals surface area contributed by atoms with Crippen LogP contribution < -0.4 is 10.6 Å². The van der Waals surface area contributed by atoms with Crippen LogP contribution >= 0.6 is 0 Å². The molecule has 6 rings (SSSR count). The predicted octanol–water partition coefficient (Wildman–Crippen LogP) is 6.00. The maximum atomic E-state index is 13.6. The number of amides is 2. The van der Waals surface area contributed by atoms with Crippen molar-refractivity contribution >= 4 is 22.6 Å². The van der Waals surface area contributed by atoms with Gasteiger partial charge in [0.05, 0.1) is 17.2 Å². The first-order valence-corrected chi connectivity index (χ1v) is 17.4. The number of rotatable bonds is 9. The number of hydrogen-bond donors (Lipinski definition) is 8. The van der Waals surface area contributed by atoms with Gasteiger partial charge in [0.1, 0.15) is 17.6 Å². The van der Waals surface area contributed by atoms with Crippen molar-refractivity contribution in [2.75, 3.05) is 13.1 Å². The minimum atomic E-state index is -1.44. The summed E-state index contributed by atoms with van der Waals surface area (Å²) < 4.78 is 0. The molecule has 10 nitrogen and oxygen atoms in total. The monoisotopic (exact) mass is 704 g/mol. The van der Waals surface area contributed by atoms with Gasteiger partial charge in [-0.15, -0.1) is 0 Å². The van der Waals surface area contributed by atoms with E-state index in [0.29, 0.717) is 27.8 Å². The largest absolute Gasteiger partial charge is 0.509 e. The summed E-state index contributed by atoms with van der Waals surface area (Å²) in [7, 11) is 0. The highest BCUT2D eigenvalue weighted by molar-refractivity contribution is 6.12. The fourth-order valence-electron chi connectivity index (χ4n) is 7.45. The molecule has 8 N–H and O–H groups in total. The molecule has 4 aromatic rings. The van der Waals surface area contributed by atoms with Crippen LogP contribution in [-0.4, -0.2) is 67.8 Å². The second-order valence-corrected chi connectivity index (χ2v) is 13.9. The summed E-state index contributed by atoms with van der Waals surface area (Å²) in [6, 6.07) is 22.1. The van der Waals surface area contributed by atoms with E-state index in [1.165, 1.54) is 6.07 Å². The molecule has 2 aliphatic carbocycles. The first kappa shape index (κ1) is 36.2. The van der Waals surface area contributed by atoms with Crippen molar-refractivity contribution in [2.45, 2.75) is 64.1 Å². The van der Waals surface area contributed by atoms with Gasteiger partial charge in [-0.3, -0.25) is 9.59 Å². The normalized spacial score (nSPS) is 19.9. The molecule has 4 aromatic carbocycles. The second-order valence-electron chi connectivity index (χ2n) is 13.9. The van der Waals surface area contributed by atoms with Crippen LogP contribution in [0.25, 0.3) is 10.8 Å². The summed E-state index contributed by atoms with van der Waals surface area (Å²) in [6.45, 7) is 7.87. The van der Waals surface area contributed by atoms with E-state index in [-0.39, 0.29) is 59.0 Å². The van der Waals surface area contributed by atoms with Crippen molar-refractivity contribution in [1.29, 1.82) is 0 Å². The molecule has 0 radical (unpaired) electrons. The summed E-state index contributed by atoms with van der Waals surface area (Å²) in [4.78, 5) is 27.1. The van der Waals surface area contributed by atoms with Crippen LogP contribution in [0.15, 0.2) is 107 Å². The molecule has 0 bridgehead atoms. The van der Waals surface area contributed by atoms with Gasteiger partial charge in [0, 0.05) is 41.8 Å². The van der Waals surface area contributed by atoms with Crippen LogP contribution in [0.5, 0.6) is 17.2 Å². The molecule has 3 unspecified atom stereocenters. The highest BCUT2D eigenvalue weighted by Gasteiger charge is 2.41. The van der Waals surface area contributed by atoms with Crippen LogP contribution in [0.4, 0.5) is 0 Å². The lowest BCUT2D eigenvalue weighted by atomic mass is 9.71. The minimum absolute atomic E-state index is 0.0295. The fraction of sp³-hybridized carbons (Fsp3) is 0.286. The number of aryl methyl sites for hydroxylation is 1. The molecule has 0 aromatic heterocycles. The van der Waals surface area contributed by atoms with E-state index in [4.69, 9.17) is 0 Å². The third kappa shape index (κ3) is 6.63. The Bertz CT molecular complexity index is 2140. The van der Waals surface area contributed by atoms with Gasteiger partial charge in [0.2, 0.25) is 0 Å². The molecule has 270 valence electrons. The number of carbonyl (C=O) groups is 2. The van der Waals surface area contributed by atoms with Gasteiger partial charge in [-0.1, -0.05) is 86.2 Å². The van der Waals surface area contributed by atoms with Crippen molar-refractivity contribution in [2.24, 2.45) is 0 Å². The molecule has 52 heavy (non-hydrogen) atoms. The molecule has 0 fully saturated rings. The average molecular weight is 705 g/mol. The Morgan fingerprint density at radius 1 is 0.769 bits per heavy atom. The standard InChI is InChI=1S/C42H44N2O8/c1-21-15-27-29(17-31(45)39(49)35(27)41(51)43-19-23(3)25-11-7-5-8-12-25)37(47)33(21)34-22(2)16-28-30(38(34)48)18-32(46)40(50)36(28)42(52)44-20-24(4)26-13-9-6-10-14-26/h5-17,23-24,32,34,38,45-50H,18-20H2,1-4H3,(H,43,51)(H,44,52)/t23-,24?,32?,34-,38?/m0/s1. The van der Waals surface area contributed by atoms with Gasteiger partial charge in [0.15, 0.2) is 11.5 Å². The number of benzene rings is 4. The van der Waals surface area contributed by atoms with E-state index in [9.17, 15) is 40.2 Å². The zero-order chi connectivity index (χ0) is 37.4. The minimum Gasteiger partial charge on any atom is -0.509 e. The van der Waals surface area contributed by atoms with E-state index >= 15 is 0 Å². The summed E-state index contributed by atoms with van der Waals surface area (Å²) in [5.41, 5.74) is 3.71. The molecule has 0 heterocycles. The zero-order valence-corrected chi connectivity index (χ0v) is 29.5. The van der Waals surface area contributed by atoms with Crippen LogP contribution in [0.1, 0.15) is 77.6 Å². The third-order valence-electron chi connectivity index (χ3n) is 10.4. The molecule has 2 amide bonds. The lowest BCUT2D eigenvalue weighted by Gasteiger charge is -2.37. The smallest absolute Gasteiger partial charge is 0.255 e. The summed E-state index contributed by atoms with van der Waals surface area (Å²) >= 11 is 0. The SMILES string of the molecule is CC1=CC2=C(CC(O)C(O)=C2C(=O)NCC(C)c2ccccc2)C(O)[C@@H]1c1c(C)cc2c(C(=O)NC[C@H](C)c3ccccc3)c(O)c(O)cc2c1O. The van der Waals surface area contributed by atoms with Crippen LogP contribution in [0.3, 0.4) is 0 Å².